The molecule has 3 heterocycles. The Labute approximate surface area is 187 Å². The fourth-order valence-electron chi connectivity index (χ4n) is 4.00. The molecular formula is C18H32O15. The second-order valence-electron chi connectivity index (χ2n) is 8.32. The molecule has 10 N–H and O–H groups in total. The van der Waals surface area contributed by atoms with Gasteiger partial charge in [0.05, 0.1) is 19.3 Å². The van der Waals surface area contributed by atoms with Crippen molar-refractivity contribution >= 4 is 0 Å². The van der Waals surface area contributed by atoms with Gasteiger partial charge in [-0.25, -0.2) is 0 Å². The van der Waals surface area contributed by atoms with Crippen LogP contribution in [0, 0.1) is 0 Å². The van der Waals surface area contributed by atoms with E-state index in [1.54, 1.807) is 0 Å². The predicted octanol–water partition coefficient (Wildman–Crippen LogP) is -6.55. The SMILES string of the molecule is C[C@@H]1O[C@@H](O[C@H]2[C@@H](O)[C@@H](CO)O[C@@H](O[C@H]3[C@H](O)[C@@H](O)[C@@H](O)O[C@@H]3CO)[C@@H]2O)[C@@H](O)[C@H](O)[C@@H]1O. The predicted molar refractivity (Wildman–Crippen MR) is 99.8 cm³/mol. The lowest BCUT2D eigenvalue weighted by Gasteiger charge is -2.47. The molecule has 0 saturated carbocycles. The quantitative estimate of drug-likeness (QED) is 0.167. The molecule has 15 nitrogen and oxygen atoms in total. The zero-order chi connectivity index (χ0) is 24.6. The van der Waals surface area contributed by atoms with E-state index in [1.807, 2.05) is 0 Å². The van der Waals surface area contributed by atoms with Gasteiger partial charge in [0.25, 0.3) is 0 Å². The molecule has 0 aromatic heterocycles. The number of hydrogen-bond acceptors (Lipinski definition) is 15. The van der Waals surface area contributed by atoms with Crippen LogP contribution in [0.15, 0.2) is 0 Å². The minimum atomic E-state index is -1.84. The highest BCUT2D eigenvalue weighted by molar-refractivity contribution is 4.96. The third-order valence-electron chi connectivity index (χ3n) is 6.05. The molecular weight excluding hydrogens is 456 g/mol. The number of hydrogen-bond donors (Lipinski definition) is 10. The average molecular weight is 488 g/mol. The van der Waals surface area contributed by atoms with E-state index >= 15 is 0 Å². The third-order valence-corrected chi connectivity index (χ3v) is 6.05. The highest BCUT2D eigenvalue weighted by Gasteiger charge is 2.53. The van der Waals surface area contributed by atoms with Crippen LogP contribution < -0.4 is 0 Å². The highest BCUT2D eigenvalue weighted by atomic mass is 16.7. The van der Waals surface area contributed by atoms with Crippen LogP contribution in [0.2, 0.25) is 0 Å². The summed E-state index contributed by atoms with van der Waals surface area (Å²) in [7, 11) is 0. The zero-order valence-corrected chi connectivity index (χ0v) is 17.6. The van der Waals surface area contributed by atoms with Crippen molar-refractivity contribution in [1.29, 1.82) is 0 Å². The lowest BCUT2D eigenvalue weighted by molar-refractivity contribution is -0.377. The second kappa shape index (κ2) is 11.0. The molecule has 15 heteroatoms. The molecule has 0 aromatic rings. The van der Waals surface area contributed by atoms with Gasteiger partial charge in [-0.2, -0.15) is 0 Å². The van der Waals surface area contributed by atoms with Crippen LogP contribution in [-0.4, -0.2) is 156 Å². The van der Waals surface area contributed by atoms with Gasteiger partial charge in [0.2, 0.25) is 0 Å². The van der Waals surface area contributed by atoms with Crippen molar-refractivity contribution < 1.29 is 74.7 Å². The lowest BCUT2D eigenvalue weighted by Crippen LogP contribution is -2.66. The highest BCUT2D eigenvalue weighted by Crippen LogP contribution is 2.32. The van der Waals surface area contributed by atoms with Crippen LogP contribution in [0.25, 0.3) is 0 Å². The largest absolute Gasteiger partial charge is 0.394 e. The van der Waals surface area contributed by atoms with Gasteiger partial charge in [-0.05, 0) is 6.92 Å². The normalized spacial score (nSPS) is 53.7. The van der Waals surface area contributed by atoms with Crippen LogP contribution in [0.3, 0.4) is 0 Å². The first-order valence-electron chi connectivity index (χ1n) is 10.4. The first-order valence-corrected chi connectivity index (χ1v) is 10.4. The van der Waals surface area contributed by atoms with E-state index in [4.69, 9.17) is 23.7 Å². The summed E-state index contributed by atoms with van der Waals surface area (Å²) in [5, 5.41) is 99.9. The van der Waals surface area contributed by atoms with Crippen molar-refractivity contribution in [1.82, 2.24) is 0 Å². The molecule has 3 saturated heterocycles. The average Bonchev–Trinajstić information content (AvgIpc) is 2.79. The van der Waals surface area contributed by atoms with E-state index in [0.717, 1.165) is 0 Å². The Morgan fingerprint density at radius 1 is 0.545 bits per heavy atom. The molecule has 0 bridgehead atoms. The zero-order valence-electron chi connectivity index (χ0n) is 17.6. The molecule has 3 aliphatic heterocycles. The maximum Gasteiger partial charge on any atom is 0.187 e. The molecule has 33 heavy (non-hydrogen) atoms. The van der Waals surface area contributed by atoms with Gasteiger partial charge in [-0.15, -0.1) is 0 Å². The van der Waals surface area contributed by atoms with Crippen LogP contribution >= 0.6 is 0 Å². The summed E-state index contributed by atoms with van der Waals surface area (Å²) in [6.45, 7) is -0.122. The Morgan fingerprint density at radius 3 is 1.73 bits per heavy atom. The van der Waals surface area contributed by atoms with E-state index in [-0.39, 0.29) is 0 Å². The maximum atomic E-state index is 10.7. The summed E-state index contributed by atoms with van der Waals surface area (Å²) >= 11 is 0. The molecule has 0 spiro atoms. The van der Waals surface area contributed by atoms with Crippen molar-refractivity contribution in [3.05, 3.63) is 0 Å². The first kappa shape index (κ1) is 27.0. The van der Waals surface area contributed by atoms with Crippen LogP contribution in [-0.2, 0) is 23.7 Å². The van der Waals surface area contributed by atoms with Crippen molar-refractivity contribution in [3.63, 3.8) is 0 Å². The molecule has 3 aliphatic rings. The Kier molecular flexibility index (Phi) is 8.99. The van der Waals surface area contributed by atoms with E-state index in [1.165, 1.54) is 6.92 Å². The fraction of sp³-hybridized carbons (Fsp3) is 1.00. The number of ether oxygens (including phenoxy) is 5. The Balaban J connectivity index is 1.77. The Hall–Kier alpha value is -0.600. The number of aliphatic hydroxyl groups excluding tert-OH is 10. The van der Waals surface area contributed by atoms with Crippen molar-refractivity contribution in [3.8, 4) is 0 Å². The summed E-state index contributed by atoms with van der Waals surface area (Å²) < 4.78 is 26.6. The molecule has 3 rings (SSSR count). The van der Waals surface area contributed by atoms with Crippen LogP contribution in [0.1, 0.15) is 6.92 Å². The summed E-state index contributed by atoms with van der Waals surface area (Å²) in [5.74, 6) is 0. The van der Waals surface area contributed by atoms with Gasteiger partial charge >= 0.3 is 0 Å². The third kappa shape index (κ3) is 5.32. The van der Waals surface area contributed by atoms with Crippen molar-refractivity contribution in [2.45, 2.75) is 99.0 Å². The summed E-state index contributed by atoms with van der Waals surface area (Å²) in [6, 6.07) is 0. The van der Waals surface area contributed by atoms with Gasteiger partial charge in [0.1, 0.15) is 67.1 Å². The van der Waals surface area contributed by atoms with Gasteiger partial charge < -0.3 is 74.7 Å². The summed E-state index contributed by atoms with van der Waals surface area (Å²) in [6.07, 6.45) is -23.9. The molecule has 0 aromatic carbocycles. The van der Waals surface area contributed by atoms with Gasteiger partial charge in [0, 0.05) is 0 Å². The first-order chi connectivity index (χ1) is 15.5. The smallest absolute Gasteiger partial charge is 0.187 e. The van der Waals surface area contributed by atoms with E-state index in [9.17, 15) is 51.1 Å². The van der Waals surface area contributed by atoms with Crippen molar-refractivity contribution in [2.75, 3.05) is 13.2 Å². The summed E-state index contributed by atoms with van der Waals surface area (Å²) in [5.41, 5.74) is 0. The molecule has 0 radical (unpaired) electrons. The molecule has 194 valence electrons. The van der Waals surface area contributed by atoms with E-state index in [2.05, 4.69) is 0 Å². The monoisotopic (exact) mass is 488 g/mol. The maximum absolute atomic E-state index is 10.7. The van der Waals surface area contributed by atoms with Gasteiger partial charge in [-0.3, -0.25) is 0 Å². The molecule has 3 fully saturated rings. The van der Waals surface area contributed by atoms with Crippen LogP contribution in [0.5, 0.6) is 0 Å². The van der Waals surface area contributed by atoms with E-state index < -0.39 is 105 Å². The summed E-state index contributed by atoms with van der Waals surface area (Å²) in [4.78, 5) is 0. The molecule has 0 aliphatic carbocycles. The topological polar surface area (TPSA) is 248 Å². The van der Waals surface area contributed by atoms with Gasteiger partial charge in [-0.1, -0.05) is 0 Å². The Morgan fingerprint density at radius 2 is 1.12 bits per heavy atom. The van der Waals surface area contributed by atoms with Crippen molar-refractivity contribution in [2.24, 2.45) is 0 Å². The second-order valence-corrected chi connectivity index (χ2v) is 8.32. The standard InChI is InChI=1S/C18H32O15/c1-4-7(21)9(23)12(26)17(29-4)33-15-8(22)5(2-19)31-18(13(15)27)32-14-6(3-20)30-16(28)11(25)10(14)24/h4-28H,2-3H2,1H3/t4-,5+,6+,7+,8-,9+,10+,11+,12-,13+,14+,15-,16-,17-,18-/m0/s1. The fourth-order valence-corrected chi connectivity index (χ4v) is 4.00. The number of aliphatic hydroxyl groups is 10. The molecule has 15 atom stereocenters. The van der Waals surface area contributed by atoms with Gasteiger partial charge in [0.15, 0.2) is 18.9 Å². The Bertz CT molecular complexity index is 624. The minimum absolute atomic E-state index is 0.749. The lowest BCUT2D eigenvalue weighted by atomic mass is 9.96. The van der Waals surface area contributed by atoms with E-state index in [0.29, 0.717) is 0 Å². The minimum Gasteiger partial charge on any atom is -0.394 e. The van der Waals surface area contributed by atoms with Crippen LogP contribution in [0.4, 0.5) is 0 Å². The molecule has 0 unspecified atom stereocenters. The number of rotatable bonds is 6. The molecule has 0 amide bonds.